The zero-order valence-electron chi connectivity index (χ0n) is 78.2. The number of benzene rings is 7. The number of carbonyl (C=O) groups is 10. The van der Waals surface area contributed by atoms with Crippen LogP contribution in [0.2, 0.25) is 0 Å². The molecule has 0 saturated carbocycles. The Kier molecular flexibility index (Phi) is 37.9. The van der Waals surface area contributed by atoms with Gasteiger partial charge in [-0.2, -0.15) is 0 Å². The van der Waals surface area contributed by atoms with Gasteiger partial charge in [0.2, 0.25) is 23.6 Å². The van der Waals surface area contributed by atoms with Crippen molar-refractivity contribution < 1.29 is 47.9 Å². The molecule has 29 heteroatoms. The third-order valence-corrected chi connectivity index (χ3v) is 22.8. The lowest BCUT2D eigenvalue weighted by Crippen LogP contribution is -2.34. The second kappa shape index (κ2) is 49.8. The zero-order chi connectivity index (χ0) is 95.2. The van der Waals surface area contributed by atoms with E-state index in [4.69, 9.17) is 22.9 Å². The maximum absolute atomic E-state index is 13.1. The van der Waals surface area contributed by atoms with Crippen molar-refractivity contribution in [3.63, 3.8) is 0 Å². The standard InChI is InChI=1S/C28H32N4O3.C27H33N5O2.C26H30N4O3.C24H29N5O2.ClH/c1-3-12-32(13-4-2)28(35)21-14-19-8-9-20(15-24(19)31-26(29)16-21)27(34)30-22-11-10-18-6-5-7-25(33)23(18)17-22;1-3-12-32(13-4-2)27(34)21-14-19-7-8-20(15-24(19)31-25(28)16-21)26(33)30-22-10-9-18-6-5-11-29-23(18)17-22;1-4-11-30(12-5-2)26(33)21-13-19-9-10-20(15-23(19)29-24(27)16-21)25(32)28-22-8-6-7-18(14-22)17(3)31;1-3-10-29(11-4-2)24(31)20-12-18-7-8-19(13-21(18)28-22(25)14-20)23(30)27-16-17-6-5-9-26-15-17;/h8-11,14-15,17H,3-7,12-13,16H2,1-2H3,(H2,29,31)(H,30,34);7-10,14-15,17,29H,3-6,11-13,16H2,1-2H3,(H2,28,31)(H,30,33);6-10,13-15H,4-5,11-12,16H2,1-3H3,(H2,27,29)(H,28,32);5-9,12-13,15H,3-4,10-11,14,16H2,1-2H3,(H2,25,28)(H,27,30);1H. The van der Waals surface area contributed by atoms with Gasteiger partial charge in [-0.05, 0) is 216 Å². The van der Waals surface area contributed by atoms with E-state index in [0.29, 0.717) is 191 Å². The van der Waals surface area contributed by atoms with Gasteiger partial charge >= 0.3 is 0 Å². The Morgan fingerprint density at radius 2 is 0.739 bits per heavy atom. The van der Waals surface area contributed by atoms with Gasteiger partial charge in [0.25, 0.3) is 23.6 Å². The number of amidine groups is 4. The SMILES string of the molecule is CCCN(CCC)C(=O)C1=Cc2ccc(C(=O)NCc3cccnc3)cc2N=C(N)C1.CCCN(CCC)C(=O)C1=Cc2ccc(C(=O)Nc3ccc4c(c3)C(=O)CCC4)cc2N=C(N)C1.CCCN(CCC)C(=O)C1=Cc2ccc(C(=O)Nc3ccc4c(c3)NCCC4)cc2N=C(N)C1.CCCN(CCC)C(=O)C1=Cc2ccc(C(=O)Nc3cccc(C(C)=O)c3)cc2N=C(N)C1.Cl. The molecule has 8 amide bonds. The number of rotatable bonds is 30. The molecule has 1 aliphatic carbocycles. The first-order chi connectivity index (χ1) is 64.2. The number of ketones is 2. The van der Waals surface area contributed by atoms with E-state index < -0.39 is 0 Å². The molecule has 0 spiro atoms. The van der Waals surface area contributed by atoms with E-state index in [1.54, 1.807) is 103 Å². The Bertz CT molecular complexity index is 5920. The van der Waals surface area contributed by atoms with Crippen molar-refractivity contribution in [3.8, 4) is 0 Å². The van der Waals surface area contributed by atoms with Crippen LogP contribution in [-0.4, -0.2) is 166 Å². The van der Waals surface area contributed by atoms with Crippen LogP contribution in [0.1, 0.15) is 260 Å². The number of aromatic nitrogens is 1. The number of amides is 8. The monoisotopic (exact) mass is 1830 g/mol. The molecular formula is C105H125ClN18O10. The van der Waals surface area contributed by atoms with Crippen molar-refractivity contribution in [3.05, 3.63) is 253 Å². The Morgan fingerprint density at radius 3 is 1.10 bits per heavy atom. The largest absolute Gasteiger partial charge is 0.387 e. The van der Waals surface area contributed by atoms with Crippen LogP contribution in [0, 0.1) is 0 Å². The Labute approximate surface area is 791 Å². The minimum atomic E-state index is -0.325. The van der Waals surface area contributed by atoms with Crippen molar-refractivity contribution in [2.45, 2.75) is 178 Å². The molecule has 6 heterocycles. The molecule has 134 heavy (non-hydrogen) atoms. The van der Waals surface area contributed by atoms with Gasteiger partial charge < -0.3 is 69.1 Å². The first-order valence-electron chi connectivity index (χ1n) is 46.3. The molecule has 0 bridgehead atoms. The molecule has 0 unspecified atom stereocenters. The maximum atomic E-state index is 13.1. The molecule has 13 N–H and O–H groups in total. The number of anilines is 4. The summed E-state index contributed by atoms with van der Waals surface area (Å²) in [7, 11) is 0. The van der Waals surface area contributed by atoms with Gasteiger partial charge in [-0.25, -0.2) is 20.0 Å². The van der Waals surface area contributed by atoms with Gasteiger partial charge in [0, 0.05) is 211 Å². The van der Waals surface area contributed by atoms with Crippen molar-refractivity contribution in [2.75, 3.05) is 80.2 Å². The quantitative estimate of drug-likeness (QED) is 0.0189. The van der Waals surface area contributed by atoms with E-state index in [1.165, 1.54) is 12.5 Å². The molecule has 0 atom stereocenters. The smallest absolute Gasteiger partial charge is 0.255 e. The highest BCUT2D eigenvalue weighted by molar-refractivity contribution is 6.13. The molecule has 28 nitrogen and oxygen atoms in total. The summed E-state index contributed by atoms with van der Waals surface area (Å²) >= 11 is 0. The van der Waals surface area contributed by atoms with Crippen LogP contribution >= 0.6 is 12.4 Å². The summed E-state index contributed by atoms with van der Waals surface area (Å²) in [6.45, 7) is 24.9. The number of fused-ring (bicyclic) bond motifs is 6. The predicted molar refractivity (Wildman–Crippen MR) is 540 cm³/mol. The molecule has 6 aliphatic rings. The Hall–Kier alpha value is -14.3. The number of halogens is 1. The summed E-state index contributed by atoms with van der Waals surface area (Å²) in [6.07, 6.45) is 23.5. The molecule has 0 radical (unpaired) electrons. The first kappa shape index (κ1) is 102. The summed E-state index contributed by atoms with van der Waals surface area (Å²) in [5, 5.41) is 14.9. The van der Waals surface area contributed by atoms with E-state index in [1.807, 2.05) is 106 Å². The van der Waals surface area contributed by atoms with E-state index in [2.05, 4.69) is 99.1 Å². The van der Waals surface area contributed by atoms with E-state index in [0.717, 1.165) is 128 Å². The zero-order valence-corrected chi connectivity index (χ0v) is 79.1. The third-order valence-electron chi connectivity index (χ3n) is 22.8. The number of carbonyl (C=O) groups excluding carboxylic acids is 10. The molecule has 702 valence electrons. The number of hydrogen-bond acceptors (Lipinski definition) is 20. The van der Waals surface area contributed by atoms with Gasteiger partial charge in [-0.3, -0.25) is 52.9 Å². The van der Waals surface area contributed by atoms with E-state index in [9.17, 15) is 47.9 Å². The average Bonchev–Trinajstić information content (AvgIpc) is 1.68. The lowest BCUT2D eigenvalue weighted by atomic mass is 9.90. The summed E-state index contributed by atoms with van der Waals surface area (Å²) in [6, 6.07) is 42.9. The van der Waals surface area contributed by atoms with Crippen LogP contribution in [0.15, 0.2) is 200 Å². The molecule has 0 fully saturated rings. The number of nitrogens with one attached hydrogen (secondary N) is 5. The highest BCUT2D eigenvalue weighted by Gasteiger charge is 2.29. The number of aryl methyl sites for hydroxylation is 2. The maximum Gasteiger partial charge on any atom is 0.255 e. The predicted octanol–water partition coefficient (Wildman–Crippen LogP) is 18.0. The number of pyridine rings is 1. The van der Waals surface area contributed by atoms with Crippen LogP contribution < -0.4 is 49.5 Å². The van der Waals surface area contributed by atoms with E-state index in [-0.39, 0.29) is 84.1 Å². The fourth-order valence-corrected chi connectivity index (χ4v) is 16.4. The highest BCUT2D eigenvalue weighted by Crippen LogP contribution is 2.36. The fraction of sp³-hybridized carbons (Fsp3) is 0.343. The van der Waals surface area contributed by atoms with Gasteiger partial charge in [-0.1, -0.05) is 110 Å². The molecule has 1 aromatic heterocycles. The third kappa shape index (κ3) is 27.9. The molecule has 8 aromatic rings. The molecule has 14 rings (SSSR count). The fourth-order valence-electron chi connectivity index (χ4n) is 16.4. The molecular weight excluding hydrogens is 1710 g/mol. The van der Waals surface area contributed by atoms with Crippen LogP contribution in [0.4, 0.5) is 45.5 Å². The Morgan fingerprint density at radius 1 is 0.381 bits per heavy atom. The number of nitrogens with two attached hydrogens (primary N) is 4. The summed E-state index contributed by atoms with van der Waals surface area (Å²) in [5.74, 6) is 0.321. The second-order valence-corrected chi connectivity index (χ2v) is 33.7. The summed E-state index contributed by atoms with van der Waals surface area (Å²) < 4.78 is 0. The van der Waals surface area contributed by atoms with Crippen LogP contribution in [-0.2, 0) is 38.6 Å². The molecule has 7 aromatic carbocycles. The number of hydrogen-bond donors (Lipinski definition) is 9. The lowest BCUT2D eigenvalue weighted by molar-refractivity contribution is -0.128. The van der Waals surface area contributed by atoms with Crippen LogP contribution in [0.25, 0.3) is 24.3 Å². The number of aliphatic imine (C=N–C) groups is 4. The second-order valence-electron chi connectivity index (χ2n) is 33.7. The van der Waals surface area contributed by atoms with Crippen molar-refractivity contribution in [1.82, 2.24) is 29.9 Å². The average molecular weight is 1830 g/mol. The van der Waals surface area contributed by atoms with Gasteiger partial charge in [-0.15, -0.1) is 12.4 Å². The van der Waals surface area contributed by atoms with Crippen molar-refractivity contribution >= 4 is 164 Å². The van der Waals surface area contributed by atoms with Gasteiger partial charge in [0.05, 0.1) is 22.7 Å². The summed E-state index contributed by atoms with van der Waals surface area (Å²) in [4.78, 5) is 157. The lowest BCUT2D eigenvalue weighted by Gasteiger charge is -2.22. The number of nitrogens with zero attached hydrogens (tertiary/aromatic N) is 9. The van der Waals surface area contributed by atoms with Crippen LogP contribution in [0.5, 0.6) is 0 Å². The molecule has 0 saturated heterocycles. The van der Waals surface area contributed by atoms with Crippen molar-refractivity contribution in [2.24, 2.45) is 42.9 Å². The Balaban J connectivity index is 0.000000185. The van der Waals surface area contributed by atoms with E-state index >= 15 is 0 Å². The van der Waals surface area contributed by atoms with Crippen molar-refractivity contribution in [1.29, 1.82) is 0 Å². The van der Waals surface area contributed by atoms with Gasteiger partial charge in [0.1, 0.15) is 23.3 Å². The minimum absolute atomic E-state index is 0. The molecule has 5 aliphatic heterocycles. The van der Waals surface area contributed by atoms with Gasteiger partial charge in [0.15, 0.2) is 11.6 Å². The minimum Gasteiger partial charge on any atom is -0.387 e. The first-order valence-corrected chi connectivity index (χ1v) is 46.3. The number of Topliss-reactive ketones (excluding diaryl/α,β-unsaturated/α-hetero) is 2. The topological polar surface area (TPSA) is 410 Å². The normalized spacial score (nSPS) is 13.6. The summed E-state index contributed by atoms with van der Waals surface area (Å²) in [5.41, 5.74) is 41.5. The van der Waals surface area contributed by atoms with Crippen LogP contribution in [0.3, 0.4) is 0 Å². The highest BCUT2D eigenvalue weighted by atomic mass is 35.5.